The molecule has 0 spiro atoms. The highest BCUT2D eigenvalue weighted by Gasteiger charge is 2.04. The van der Waals surface area contributed by atoms with Crippen molar-refractivity contribution >= 4 is 0 Å². The van der Waals surface area contributed by atoms with Crippen molar-refractivity contribution in [1.29, 1.82) is 0 Å². The summed E-state index contributed by atoms with van der Waals surface area (Å²) in [6.07, 6.45) is 12.4. The predicted molar refractivity (Wildman–Crippen MR) is 55.0 cm³/mol. The summed E-state index contributed by atoms with van der Waals surface area (Å²) in [5, 5.41) is 0. The minimum Gasteiger partial charge on any atom is -0.0776 e. The minimum absolute atomic E-state index is 0.636. The van der Waals surface area contributed by atoms with E-state index in [1.165, 1.54) is 12.0 Å². The lowest BCUT2D eigenvalue weighted by Gasteiger charge is -2.08. The number of hydrogen-bond acceptors (Lipinski definition) is 0. The first kappa shape index (κ1) is 9.31. The highest BCUT2D eigenvalue weighted by atomic mass is 14.1. The first-order chi connectivity index (χ1) is 5.74. The van der Waals surface area contributed by atoms with Gasteiger partial charge in [-0.05, 0) is 23.8 Å². The molecule has 0 nitrogen and oxygen atoms in total. The van der Waals surface area contributed by atoms with Gasteiger partial charge in [-0.1, -0.05) is 51.2 Å². The van der Waals surface area contributed by atoms with Gasteiger partial charge >= 0.3 is 0 Å². The van der Waals surface area contributed by atoms with Crippen LogP contribution in [0.15, 0.2) is 36.0 Å². The summed E-state index contributed by atoms with van der Waals surface area (Å²) in [4.78, 5) is 0. The zero-order valence-electron chi connectivity index (χ0n) is 8.25. The van der Waals surface area contributed by atoms with E-state index >= 15 is 0 Å². The van der Waals surface area contributed by atoms with Crippen LogP contribution in [0.5, 0.6) is 0 Å². The van der Waals surface area contributed by atoms with Gasteiger partial charge in [0.15, 0.2) is 0 Å². The van der Waals surface area contributed by atoms with Crippen LogP contribution in [0.3, 0.4) is 0 Å². The molecule has 0 aromatic heterocycles. The molecule has 0 aliphatic heterocycles. The quantitative estimate of drug-likeness (QED) is 0.580. The third kappa shape index (κ3) is 2.37. The van der Waals surface area contributed by atoms with E-state index in [1.54, 1.807) is 0 Å². The molecule has 0 saturated carbocycles. The average Bonchev–Trinajstić information content (AvgIpc) is 2.28. The van der Waals surface area contributed by atoms with Crippen molar-refractivity contribution in [2.45, 2.75) is 27.2 Å². The Hall–Kier alpha value is -0.780. The van der Waals surface area contributed by atoms with Crippen LogP contribution in [-0.4, -0.2) is 0 Å². The Bertz CT molecular complexity index is 216. The van der Waals surface area contributed by atoms with Crippen molar-refractivity contribution in [1.82, 2.24) is 0 Å². The molecule has 12 heavy (non-hydrogen) atoms. The maximum absolute atomic E-state index is 2.38. The summed E-state index contributed by atoms with van der Waals surface area (Å²) in [6.45, 7) is 6.72. The van der Waals surface area contributed by atoms with Gasteiger partial charge in [-0.15, -0.1) is 0 Å². The highest BCUT2D eigenvalue weighted by molar-refractivity contribution is 5.29. The van der Waals surface area contributed by atoms with Gasteiger partial charge in [0.05, 0.1) is 0 Å². The maximum atomic E-state index is 2.38. The lowest BCUT2D eigenvalue weighted by Crippen LogP contribution is -1.95. The average molecular weight is 162 g/mol. The molecule has 1 rings (SSSR count). The van der Waals surface area contributed by atoms with Crippen molar-refractivity contribution in [3.05, 3.63) is 36.0 Å². The Morgan fingerprint density at radius 3 is 2.67 bits per heavy atom. The van der Waals surface area contributed by atoms with Crippen LogP contribution >= 0.6 is 0 Å². The summed E-state index contributed by atoms with van der Waals surface area (Å²) >= 11 is 0. The second kappa shape index (κ2) is 4.30. The van der Waals surface area contributed by atoms with Gasteiger partial charge in [0.25, 0.3) is 0 Å². The van der Waals surface area contributed by atoms with E-state index in [1.807, 2.05) is 0 Å². The fourth-order valence-corrected chi connectivity index (χ4v) is 1.37. The van der Waals surface area contributed by atoms with Gasteiger partial charge in [-0.2, -0.15) is 0 Å². The van der Waals surface area contributed by atoms with E-state index in [0.717, 1.165) is 0 Å². The lowest BCUT2D eigenvalue weighted by atomic mass is 9.97. The largest absolute Gasteiger partial charge is 0.0776 e. The van der Waals surface area contributed by atoms with Crippen molar-refractivity contribution in [2.75, 3.05) is 0 Å². The first-order valence-corrected chi connectivity index (χ1v) is 4.80. The Morgan fingerprint density at radius 1 is 1.33 bits per heavy atom. The molecule has 0 radical (unpaired) electrons. The summed E-state index contributed by atoms with van der Waals surface area (Å²) in [5.74, 6) is 1.28. The molecule has 1 aliphatic carbocycles. The molecule has 0 bridgehead atoms. The topological polar surface area (TPSA) is 0 Å². The van der Waals surface area contributed by atoms with Crippen molar-refractivity contribution in [3.8, 4) is 0 Å². The molecule has 0 amide bonds. The molecule has 0 saturated heterocycles. The van der Waals surface area contributed by atoms with E-state index < -0.39 is 0 Å². The van der Waals surface area contributed by atoms with Gasteiger partial charge in [0.2, 0.25) is 0 Å². The SMILES string of the molecule is CCC1C=CC=CC(C(C)C)=C1. The zero-order valence-corrected chi connectivity index (χ0v) is 8.25. The summed E-state index contributed by atoms with van der Waals surface area (Å²) in [6, 6.07) is 0. The van der Waals surface area contributed by atoms with E-state index in [4.69, 9.17) is 0 Å². The molecule has 1 atom stereocenters. The van der Waals surface area contributed by atoms with Gasteiger partial charge < -0.3 is 0 Å². The summed E-state index contributed by atoms with van der Waals surface area (Å²) in [5.41, 5.74) is 1.46. The molecule has 1 unspecified atom stereocenters. The molecule has 0 heteroatoms. The Morgan fingerprint density at radius 2 is 2.08 bits per heavy atom. The molecule has 0 aromatic carbocycles. The summed E-state index contributed by atoms with van der Waals surface area (Å²) in [7, 11) is 0. The van der Waals surface area contributed by atoms with E-state index in [2.05, 4.69) is 51.2 Å². The Kier molecular flexibility index (Phi) is 3.33. The molecule has 0 N–H and O–H groups in total. The monoisotopic (exact) mass is 162 g/mol. The van der Waals surface area contributed by atoms with E-state index in [-0.39, 0.29) is 0 Å². The Labute approximate surface area is 75.7 Å². The number of rotatable bonds is 2. The third-order valence-corrected chi connectivity index (χ3v) is 2.30. The predicted octanol–water partition coefficient (Wildman–Crippen LogP) is 3.72. The zero-order chi connectivity index (χ0) is 8.97. The lowest BCUT2D eigenvalue weighted by molar-refractivity contribution is 0.732. The number of hydrogen-bond donors (Lipinski definition) is 0. The molecule has 0 fully saturated rings. The van der Waals surface area contributed by atoms with Crippen molar-refractivity contribution < 1.29 is 0 Å². The molecule has 66 valence electrons. The van der Waals surface area contributed by atoms with Gasteiger partial charge in [-0.3, -0.25) is 0 Å². The smallest absolute Gasteiger partial charge is 0.00471 e. The van der Waals surface area contributed by atoms with Gasteiger partial charge in [0, 0.05) is 0 Å². The number of allylic oxidation sites excluding steroid dienone is 6. The summed E-state index contributed by atoms with van der Waals surface area (Å²) < 4.78 is 0. The fourth-order valence-electron chi connectivity index (χ4n) is 1.37. The van der Waals surface area contributed by atoms with Crippen molar-refractivity contribution in [2.24, 2.45) is 11.8 Å². The van der Waals surface area contributed by atoms with Crippen LogP contribution in [0.1, 0.15) is 27.2 Å². The fraction of sp³-hybridized carbons (Fsp3) is 0.500. The van der Waals surface area contributed by atoms with Crippen LogP contribution in [0, 0.1) is 11.8 Å². The third-order valence-electron chi connectivity index (χ3n) is 2.30. The molecular formula is C12H18. The normalized spacial score (nSPS) is 22.7. The standard InChI is InChI=1S/C12H18/c1-4-11-7-5-6-8-12(9-11)10(2)3/h5-11H,4H2,1-3H3. The van der Waals surface area contributed by atoms with E-state index in [0.29, 0.717) is 11.8 Å². The van der Waals surface area contributed by atoms with Crippen molar-refractivity contribution in [3.63, 3.8) is 0 Å². The molecular weight excluding hydrogens is 144 g/mol. The maximum Gasteiger partial charge on any atom is -0.00471 e. The van der Waals surface area contributed by atoms with Crippen LogP contribution in [0.2, 0.25) is 0 Å². The second-order valence-corrected chi connectivity index (χ2v) is 3.64. The molecule has 0 aromatic rings. The first-order valence-electron chi connectivity index (χ1n) is 4.80. The van der Waals surface area contributed by atoms with Gasteiger partial charge in [0.1, 0.15) is 0 Å². The second-order valence-electron chi connectivity index (χ2n) is 3.64. The Balaban J connectivity index is 2.79. The van der Waals surface area contributed by atoms with Crippen LogP contribution in [0.4, 0.5) is 0 Å². The van der Waals surface area contributed by atoms with Crippen LogP contribution < -0.4 is 0 Å². The minimum atomic E-state index is 0.636. The van der Waals surface area contributed by atoms with Crippen LogP contribution in [-0.2, 0) is 0 Å². The highest BCUT2D eigenvalue weighted by Crippen LogP contribution is 2.19. The van der Waals surface area contributed by atoms with Crippen LogP contribution in [0.25, 0.3) is 0 Å². The van der Waals surface area contributed by atoms with E-state index in [9.17, 15) is 0 Å². The van der Waals surface area contributed by atoms with Gasteiger partial charge in [-0.25, -0.2) is 0 Å². The molecule has 0 heterocycles. The molecule has 1 aliphatic rings.